The van der Waals surface area contributed by atoms with Gasteiger partial charge in [-0.25, -0.2) is 9.79 Å². The minimum absolute atomic E-state index is 0.0678. The zero-order valence-electron chi connectivity index (χ0n) is 12.8. The van der Waals surface area contributed by atoms with Crippen molar-refractivity contribution in [3.8, 4) is 0 Å². The highest BCUT2D eigenvalue weighted by Gasteiger charge is 2.22. The maximum absolute atomic E-state index is 11.7. The fraction of sp³-hybridized carbons (Fsp3) is 0.600. The first-order valence-electron chi connectivity index (χ1n) is 6.71. The van der Waals surface area contributed by atoms with E-state index in [9.17, 15) is 4.79 Å². The minimum atomic E-state index is -0.527. The molecule has 4 nitrogen and oxygen atoms in total. The second-order valence-electron chi connectivity index (χ2n) is 6.04. The average Bonchev–Trinajstić information content (AvgIpc) is 2.28. The summed E-state index contributed by atoms with van der Waals surface area (Å²) in [6.45, 7) is 13.3. The Balaban J connectivity index is 2.80. The van der Waals surface area contributed by atoms with Crippen LogP contribution < -0.4 is 5.32 Å². The molecule has 1 aliphatic rings. The van der Waals surface area contributed by atoms with Gasteiger partial charge in [0, 0.05) is 17.4 Å². The number of nitrogens with zero attached hydrogens (tertiary/aromatic N) is 1. The monoisotopic (exact) mass is 298 g/mol. The largest absolute Gasteiger partial charge is 0.444 e. The Morgan fingerprint density at radius 2 is 2.05 bits per heavy atom. The van der Waals surface area contributed by atoms with Crippen LogP contribution in [0.25, 0.3) is 0 Å². The molecular weight excluding hydrogens is 276 g/mol. The van der Waals surface area contributed by atoms with E-state index in [4.69, 9.17) is 16.3 Å². The number of hydrogen-bond donors (Lipinski definition) is 1. The van der Waals surface area contributed by atoms with Crippen molar-refractivity contribution in [2.75, 3.05) is 0 Å². The summed E-state index contributed by atoms with van der Waals surface area (Å²) in [5.74, 6) is 0.657. The van der Waals surface area contributed by atoms with Crippen molar-refractivity contribution in [1.29, 1.82) is 0 Å². The quantitative estimate of drug-likeness (QED) is 0.770. The molecule has 1 atom stereocenters. The first-order chi connectivity index (χ1) is 9.10. The lowest BCUT2D eigenvalue weighted by Crippen LogP contribution is -2.37. The second-order valence-corrected chi connectivity index (χ2v) is 6.50. The minimum Gasteiger partial charge on any atom is -0.444 e. The zero-order valence-corrected chi connectivity index (χ0v) is 13.6. The summed E-state index contributed by atoms with van der Waals surface area (Å²) in [5.41, 5.74) is 1.23. The molecule has 1 heterocycles. The van der Waals surface area contributed by atoms with E-state index in [1.165, 1.54) is 0 Å². The van der Waals surface area contributed by atoms with Crippen molar-refractivity contribution in [3.05, 3.63) is 22.9 Å². The Labute approximate surface area is 125 Å². The predicted octanol–water partition coefficient (Wildman–Crippen LogP) is 4.37. The van der Waals surface area contributed by atoms with Gasteiger partial charge in [-0.3, -0.25) is 5.32 Å². The Morgan fingerprint density at radius 3 is 2.55 bits per heavy atom. The molecule has 0 bridgehead atoms. The molecule has 0 aromatic rings. The Hall–Kier alpha value is -1.29. The molecule has 0 aliphatic carbocycles. The van der Waals surface area contributed by atoms with Gasteiger partial charge in [-0.1, -0.05) is 30.7 Å². The van der Waals surface area contributed by atoms with Crippen LogP contribution in [-0.2, 0) is 4.74 Å². The van der Waals surface area contributed by atoms with Crippen LogP contribution in [0.15, 0.2) is 27.9 Å². The summed E-state index contributed by atoms with van der Waals surface area (Å²) in [6, 6.07) is 0. The van der Waals surface area contributed by atoms with E-state index in [1.54, 1.807) is 0 Å². The summed E-state index contributed by atoms with van der Waals surface area (Å²) in [6.07, 6.45) is 0.782. The number of carbonyl (C=O) groups excluding carboxylic acids is 1. The number of halogens is 1. The Kier molecular flexibility index (Phi) is 5.40. The van der Waals surface area contributed by atoms with Gasteiger partial charge < -0.3 is 4.74 Å². The lowest BCUT2D eigenvalue weighted by Gasteiger charge is -2.23. The van der Waals surface area contributed by atoms with Crippen molar-refractivity contribution < 1.29 is 9.53 Å². The van der Waals surface area contributed by atoms with E-state index in [2.05, 4.69) is 16.9 Å². The van der Waals surface area contributed by atoms with Gasteiger partial charge in [0.05, 0.1) is 5.70 Å². The van der Waals surface area contributed by atoms with Crippen molar-refractivity contribution in [1.82, 2.24) is 5.32 Å². The van der Waals surface area contributed by atoms with Crippen molar-refractivity contribution in [3.63, 3.8) is 0 Å². The number of amidine groups is 1. The number of ether oxygens (including phenoxy) is 1. The van der Waals surface area contributed by atoms with Crippen LogP contribution in [0.5, 0.6) is 0 Å². The molecule has 0 aromatic carbocycles. The number of hydrogen-bond acceptors (Lipinski definition) is 3. The maximum atomic E-state index is 11.7. The molecule has 1 amide bonds. The predicted molar refractivity (Wildman–Crippen MR) is 82.9 cm³/mol. The average molecular weight is 299 g/mol. The standard InChI is InChI=1S/C15H23ClN2O2/c1-9(2)10(3)13-11(16)7-8-12(17-13)18-14(19)20-15(4,5)6/h10H,1,7-8H2,2-6H3,(H,17,18,19). The van der Waals surface area contributed by atoms with Gasteiger partial charge in [0.2, 0.25) is 0 Å². The lowest BCUT2D eigenvalue weighted by molar-refractivity contribution is 0.0562. The number of aliphatic imine (C=N–C) groups is 1. The first-order valence-corrected chi connectivity index (χ1v) is 7.09. The molecule has 5 heteroatoms. The highest BCUT2D eigenvalue weighted by atomic mass is 35.5. The summed E-state index contributed by atoms with van der Waals surface area (Å²) < 4.78 is 5.21. The lowest BCUT2D eigenvalue weighted by atomic mass is 9.98. The van der Waals surface area contributed by atoms with Crippen molar-refractivity contribution >= 4 is 23.5 Å². The third kappa shape index (κ3) is 5.00. The highest BCUT2D eigenvalue weighted by Crippen LogP contribution is 2.30. The van der Waals surface area contributed by atoms with E-state index in [1.807, 2.05) is 34.6 Å². The summed E-state index contributed by atoms with van der Waals surface area (Å²) in [5, 5.41) is 3.42. The molecule has 1 N–H and O–H groups in total. The van der Waals surface area contributed by atoms with Crippen LogP contribution in [0.3, 0.4) is 0 Å². The fourth-order valence-electron chi connectivity index (χ4n) is 1.70. The number of nitrogens with one attached hydrogen (secondary N) is 1. The van der Waals surface area contributed by atoms with Crippen LogP contribution in [0.4, 0.5) is 4.79 Å². The van der Waals surface area contributed by atoms with Crippen LogP contribution in [0.1, 0.15) is 47.5 Å². The molecule has 1 aliphatic heterocycles. The first kappa shape index (κ1) is 16.8. The van der Waals surface area contributed by atoms with E-state index < -0.39 is 11.7 Å². The van der Waals surface area contributed by atoms with Gasteiger partial charge in [0.1, 0.15) is 11.4 Å². The van der Waals surface area contributed by atoms with Crippen molar-refractivity contribution in [2.24, 2.45) is 10.9 Å². The molecule has 1 unspecified atom stereocenters. The molecule has 0 saturated carbocycles. The molecule has 0 fully saturated rings. The molecule has 1 rings (SSSR count). The summed E-state index contributed by atoms with van der Waals surface area (Å²) in [4.78, 5) is 16.2. The summed E-state index contributed by atoms with van der Waals surface area (Å²) >= 11 is 6.22. The van der Waals surface area contributed by atoms with Crippen LogP contribution in [-0.4, -0.2) is 17.5 Å². The van der Waals surface area contributed by atoms with Crippen molar-refractivity contribution in [2.45, 2.75) is 53.1 Å². The van der Waals surface area contributed by atoms with E-state index in [0.29, 0.717) is 18.7 Å². The van der Waals surface area contributed by atoms with Gasteiger partial charge in [0.25, 0.3) is 0 Å². The number of allylic oxidation sites excluding steroid dienone is 2. The van der Waals surface area contributed by atoms with Gasteiger partial charge in [-0.2, -0.15) is 0 Å². The molecule has 0 saturated heterocycles. The SMILES string of the molecule is C=C(C)C(C)C1=C(Cl)CCC(NC(=O)OC(C)(C)C)=N1. The van der Waals surface area contributed by atoms with E-state index >= 15 is 0 Å². The third-order valence-corrected chi connectivity index (χ3v) is 3.29. The third-order valence-electron chi connectivity index (χ3n) is 2.91. The molecule has 0 spiro atoms. The van der Waals surface area contributed by atoms with Gasteiger partial charge in [0.15, 0.2) is 0 Å². The topological polar surface area (TPSA) is 50.7 Å². The van der Waals surface area contributed by atoms with Gasteiger partial charge in [-0.05, 0) is 34.1 Å². The fourth-order valence-corrected chi connectivity index (χ4v) is 2.00. The van der Waals surface area contributed by atoms with Gasteiger partial charge in [-0.15, -0.1) is 0 Å². The van der Waals surface area contributed by atoms with E-state index in [-0.39, 0.29) is 5.92 Å². The van der Waals surface area contributed by atoms with Crippen LogP contribution >= 0.6 is 11.6 Å². The van der Waals surface area contributed by atoms with Crippen LogP contribution in [0, 0.1) is 5.92 Å². The molecule has 0 aromatic heterocycles. The smallest absolute Gasteiger partial charge is 0.413 e. The molecule has 112 valence electrons. The number of carbonyl (C=O) groups is 1. The molecule has 0 radical (unpaired) electrons. The maximum Gasteiger partial charge on any atom is 0.413 e. The number of rotatable bonds is 2. The molecular formula is C15H23ClN2O2. The van der Waals surface area contributed by atoms with Crippen LogP contribution in [0.2, 0.25) is 0 Å². The normalized spacial score (nSPS) is 17.4. The number of amides is 1. The van der Waals surface area contributed by atoms with E-state index in [0.717, 1.165) is 16.3 Å². The second kappa shape index (κ2) is 6.44. The Bertz CT molecular complexity index is 473. The molecule has 20 heavy (non-hydrogen) atoms. The van der Waals surface area contributed by atoms with Gasteiger partial charge >= 0.3 is 6.09 Å². The zero-order chi connectivity index (χ0) is 15.5. The number of alkyl carbamates (subject to hydrolysis) is 1. The Morgan fingerprint density at radius 1 is 1.45 bits per heavy atom. The highest BCUT2D eigenvalue weighted by molar-refractivity contribution is 6.30. The summed E-state index contributed by atoms with van der Waals surface area (Å²) in [7, 11) is 0.